The molecule has 0 spiro atoms. The number of rotatable bonds is 39. The summed E-state index contributed by atoms with van der Waals surface area (Å²) in [6.07, 6.45) is 9.95. The first kappa shape index (κ1) is 65.9. The Balaban J connectivity index is 0.997. The van der Waals surface area contributed by atoms with Gasteiger partial charge in [-0.15, -0.1) is 0 Å². The number of hydrogen-bond acceptors (Lipinski definition) is 10. The van der Waals surface area contributed by atoms with E-state index in [1.54, 1.807) is 0 Å². The Hall–Kier alpha value is -6.06. The molecule has 462 valence electrons. The Bertz CT molecular complexity index is 2720. The highest BCUT2D eigenvalue weighted by Crippen LogP contribution is 2.33. The third-order valence-electron chi connectivity index (χ3n) is 16.7. The summed E-state index contributed by atoms with van der Waals surface area (Å²) in [4.78, 5) is 27.1. The molecule has 86 heavy (non-hydrogen) atoms. The van der Waals surface area contributed by atoms with Crippen molar-refractivity contribution in [1.29, 1.82) is 0 Å². The zero-order valence-corrected chi connectivity index (χ0v) is 51.1. The molecule has 1 aliphatic carbocycles. The number of carbonyl (C=O) groups is 2. The van der Waals surface area contributed by atoms with Crippen LogP contribution >= 0.6 is 0 Å². The highest BCUT2D eigenvalue weighted by molar-refractivity contribution is 5.78. The van der Waals surface area contributed by atoms with Crippen LogP contribution in [-0.2, 0) is 87.1 Å². The second kappa shape index (κ2) is 38.3. The number of nitrogens with one attached hydrogen (secondary N) is 2. The van der Waals surface area contributed by atoms with Crippen molar-refractivity contribution in [1.82, 2.24) is 10.6 Å². The third kappa shape index (κ3) is 23.2. The fraction of sp³-hybridized carbons (Fsp3) is 0.486. The van der Waals surface area contributed by atoms with E-state index in [2.05, 4.69) is 36.6 Å². The molecule has 2 fully saturated rings. The lowest BCUT2D eigenvalue weighted by molar-refractivity contribution is -0.330. The molecule has 1 saturated carbocycles. The first-order valence-electron chi connectivity index (χ1n) is 32.1. The molecule has 1 aliphatic heterocycles. The number of carbonyl (C=O) groups excluding carboxylic acids is 2. The van der Waals surface area contributed by atoms with Gasteiger partial charge in [0.2, 0.25) is 11.8 Å². The Labute approximate surface area is 513 Å². The van der Waals surface area contributed by atoms with Crippen molar-refractivity contribution in [3.05, 3.63) is 215 Å². The smallest absolute Gasteiger partial charge is 0.223 e. The molecule has 2 N–H and O–H groups in total. The van der Waals surface area contributed by atoms with Crippen molar-refractivity contribution < 1.29 is 47.5 Å². The van der Waals surface area contributed by atoms with Crippen LogP contribution in [0.3, 0.4) is 0 Å². The average Bonchev–Trinajstić information content (AvgIpc) is 2.02. The lowest BCUT2D eigenvalue weighted by atomic mass is 9.82. The predicted molar refractivity (Wildman–Crippen MR) is 338 cm³/mol. The van der Waals surface area contributed by atoms with E-state index in [9.17, 15) is 9.59 Å². The van der Waals surface area contributed by atoms with Crippen LogP contribution in [0.25, 0.3) is 0 Å². The molecular weight excluding hydrogens is 1080 g/mol. The standard InChI is InChI=1S/C74H96N2O10/c1-3-66(80-50-59-33-19-12-20-34-59)69(81-51-60-35-21-13-22-36-60)65(76-68(77)43-29-9-7-5-4-6-8-10-30-48-75-73(78)64-46-44-57(2)45-47-64)55-85-74-72(84-54-63-41-27-16-28-42-63)71(83-53-62-39-25-15-26-40-62)70(82-52-61-37-23-14-24-38-61)67(86-74)56-79-49-58-31-17-11-18-32-58/h11-28,31-42,57,64-67,69-72,74H,3-10,29-30,43-56H2,1-2H3,(H,75,78)(H,76,77)/t57?,64?,65-,66+,67?,69-,70?,71?,72?,74?/m0/s1. The van der Waals surface area contributed by atoms with E-state index < -0.39 is 49.0 Å². The molecule has 2 amide bonds. The van der Waals surface area contributed by atoms with Crippen LogP contribution in [0.4, 0.5) is 0 Å². The van der Waals surface area contributed by atoms with Gasteiger partial charge in [0.15, 0.2) is 6.29 Å². The van der Waals surface area contributed by atoms with Crippen molar-refractivity contribution in [2.45, 2.75) is 199 Å². The lowest BCUT2D eigenvalue weighted by Gasteiger charge is -2.46. The minimum atomic E-state index is -1.02. The van der Waals surface area contributed by atoms with Crippen molar-refractivity contribution in [3.8, 4) is 0 Å². The largest absolute Gasteiger partial charge is 0.374 e. The molecule has 6 aromatic carbocycles. The average molecular weight is 1170 g/mol. The molecular formula is C74H96N2O10. The second-order valence-corrected chi connectivity index (χ2v) is 23.5. The summed E-state index contributed by atoms with van der Waals surface area (Å²) >= 11 is 0. The Morgan fingerprint density at radius 2 is 0.919 bits per heavy atom. The summed E-state index contributed by atoms with van der Waals surface area (Å²) in [5, 5.41) is 6.64. The van der Waals surface area contributed by atoms with Crippen LogP contribution in [0, 0.1) is 11.8 Å². The van der Waals surface area contributed by atoms with E-state index in [0.29, 0.717) is 39.3 Å². The zero-order valence-electron chi connectivity index (χ0n) is 51.1. The van der Waals surface area contributed by atoms with E-state index in [1.807, 2.05) is 170 Å². The van der Waals surface area contributed by atoms with Gasteiger partial charge >= 0.3 is 0 Å². The van der Waals surface area contributed by atoms with Crippen LogP contribution < -0.4 is 10.6 Å². The molecule has 8 atom stereocenters. The number of ether oxygens (including phenoxy) is 8. The third-order valence-corrected chi connectivity index (χ3v) is 16.7. The fourth-order valence-electron chi connectivity index (χ4n) is 11.6. The number of benzene rings is 6. The molecule has 12 nitrogen and oxygen atoms in total. The highest BCUT2D eigenvalue weighted by Gasteiger charge is 2.50. The van der Waals surface area contributed by atoms with Crippen molar-refractivity contribution in [2.24, 2.45) is 11.8 Å². The summed E-state index contributed by atoms with van der Waals surface area (Å²) in [5.41, 5.74) is 6.04. The van der Waals surface area contributed by atoms with E-state index in [4.69, 9.17) is 37.9 Å². The van der Waals surface area contributed by atoms with E-state index >= 15 is 0 Å². The van der Waals surface area contributed by atoms with E-state index in [1.165, 1.54) is 12.8 Å². The molecule has 8 rings (SSSR count). The number of amides is 2. The topological polar surface area (TPSA) is 132 Å². The SMILES string of the molecule is CC[C@@H](OCc1ccccc1)[C@@H](OCc1ccccc1)[C@H](COC1OC(COCc2ccccc2)C(OCc2ccccc2)C(OCc2ccccc2)C1OCc1ccccc1)NC(=O)CCCCCCCCCCCNC(=O)C1CCC(C)CC1. The first-order valence-corrected chi connectivity index (χ1v) is 32.1. The summed E-state index contributed by atoms with van der Waals surface area (Å²) < 4.78 is 55.7. The first-order chi connectivity index (χ1) is 42.4. The van der Waals surface area contributed by atoms with Crippen LogP contribution in [0.5, 0.6) is 0 Å². The fourth-order valence-corrected chi connectivity index (χ4v) is 11.6. The monoisotopic (exact) mass is 1170 g/mol. The van der Waals surface area contributed by atoms with Gasteiger partial charge in [-0.05, 0) is 84.2 Å². The van der Waals surface area contributed by atoms with E-state index in [0.717, 1.165) is 116 Å². The summed E-state index contributed by atoms with van der Waals surface area (Å²) in [7, 11) is 0. The van der Waals surface area contributed by atoms with E-state index in [-0.39, 0.29) is 44.2 Å². The highest BCUT2D eigenvalue weighted by atomic mass is 16.7. The molecule has 12 heteroatoms. The number of unbranched alkanes of at least 4 members (excludes halogenated alkanes) is 8. The Morgan fingerprint density at radius 3 is 1.42 bits per heavy atom. The molecule has 1 heterocycles. The van der Waals surface area contributed by atoms with Gasteiger partial charge in [-0.2, -0.15) is 0 Å². The minimum Gasteiger partial charge on any atom is -0.374 e. The van der Waals surface area contributed by atoms with Gasteiger partial charge < -0.3 is 48.5 Å². The molecule has 5 unspecified atom stereocenters. The molecule has 0 aromatic heterocycles. The molecule has 2 aliphatic rings. The van der Waals surface area contributed by atoms with Gasteiger partial charge in [-0.1, -0.05) is 241 Å². The minimum absolute atomic E-state index is 0.00295. The Kier molecular flexibility index (Phi) is 29.3. The van der Waals surface area contributed by atoms with Crippen LogP contribution in [-0.4, -0.2) is 80.5 Å². The molecule has 0 radical (unpaired) electrons. The predicted octanol–water partition coefficient (Wildman–Crippen LogP) is 14.6. The maximum absolute atomic E-state index is 14.5. The summed E-state index contributed by atoms with van der Waals surface area (Å²) in [6, 6.07) is 59.9. The second-order valence-electron chi connectivity index (χ2n) is 23.5. The molecule has 1 saturated heterocycles. The number of hydrogen-bond donors (Lipinski definition) is 2. The zero-order chi connectivity index (χ0) is 59.6. The van der Waals surface area contributed by atoms with Gasteiger partial charge in [0.25, 0.3) is 0 Å². The Morgan fingerprint density at radius 1 is 0.488 bits per heavy atom. The summed E-state index contributed by atoms with van der Waals surface area (Å²) in [5.74, 6) is 1.12. The molecule has 0 bridgehead atoms. The van der Waals surface area contributed by atoms with Gasteiger partial charge in [0.1, 0.15) is 30.5 Å². The van der Waals surface area contributed by atoms with Crippen LogP contribution in [0.1, 0.15) is 144 Å². The van der Waals surface area contributed by atoms with Gasteiger partial charge in [0.05, 0.1) is 65.0 Å². The van der Waals surface area contributed by atoms with Gasteiger partial charge in [-0.3, -0.25) is 9.59 Å². The van der Waals surface area contributed by atoms with Gasteiger partial charge in [-0.25, -0.2) is 0 Å². The van der Waals surface area contributed by atoms with Crippen LogP contribution in [0.15, 0.2) is 182 Å². The summed E-state index contributed by atoms with van der Waals surface area (Å²) in [6.45, 7) is 7.16. The quantitative estimate of drug-likeness (QED) is 0.0360. The maximum Gasteiger partial charge on any atom is 0.223 e. The maximum atomic E-state index is 14.5. The van der Waals surface area contributed by atoms with Crippen molar-refractivity contribution in [2.75, 3.05) is 19.8 Å². The van der Waals surface area contributed by atoms with Gasteiger partial charge in [0, 0.05) is 18.9 Å². The molecule has 6 aromatic rings. The lowest BCUT2D eigenvalue weighted by Crippen LogP contribution is -2.62. The van der Waals surface area contributed by atoms with Crippen molar-refractivity contribution >= 4 is 11.8 Å². The normalized spacial score (nSPS) is 20.6. The van der Waals surface area contributed by atoms with Crippen molar-refractivity contribution in [3.63, 3.8) is 0 Å². The van der Waals surface area contributed by atoms with Crippen LogP contribution in [0.2, 0.25) is 0 Å².